The van der Waals surface area contributed by atoms with Crippen molar-refractivity contribution in [3.05, 3.63) is 29.8 Å². The molecule has 1 aromatic rings. The van der Waals surface area contributed by atoms with Crippen molar-refractivity contribution in [1.29, 1.82) is 0 Å². The number of hydrogen-bond donors (Lipinski definition) is 2. The third kappa shape index (κ3) is 5.61. The van der Waals surface area contributed by atoms with Crippen LogP contribution < -0.4 is 10.6 Å². The summed E-state index contributed by atoms with van der Waals surface area (Å²) in [5, 5.41) is 6.13. The highest BCUT2D eigenvalue weighted by atomic mass is 16.5. The number of hydrogen-bond acceptors (Lipinski definition) is 3. The molecule has 1 aromatic carbocycles. The summed E-state index contributed by atoms with van der Waals surface area (Å²) in [5.74, 6) is 0.492. The largest absolute Gasteiger partial charge is 0.385 e. The first-order valence-electron chi connectivity index (χ1n) is 7.17. The Morgan fingerprint density at radius 1 is 1.30 bits per heavy atom. The lowest BCUT2D eigenvalue weighted by Gasteiger charge is -2.16. The Labute approximate surface area is 121 Å². The van der Waals surface area contributed by atoms with Gasteiger partial charge in [0, 0.05) is 25.9 Å². The van der Waals surface area contributed by atoms with E-state index in [9.17, 15) is 4.79 Å². The van der Waals surface area contributed by atoms with Crippen molar-refractivity contribution in [3.8, 4) is 0 Å². The standard InChI is InChI=1S/C16H26N2O2/c1-12(2)14-7-5-8-15(11-14)18-13(3)16(19)17-9-6-10-20-4/h5,7-8,11-13,18H,6,9-10H2,1-4H3,(H,17,19). The molecule has 2 N–H and O–H groups in total. The second-order valence-corrected chi connectivity index (χ2v) is 5.28. The molecule has 4 nitrogen and oxygen atoms in total. The molecule has 0 saturated heterocycles. The maximum Gasteiger partial charge on any atom is 0.242 e. The molecule has 0 heterocycles. The molecule has 1 amide bonds. The van der Waals surface area contributed by atoms with Crippen molar-refractivity contribution in [2.24, 2.45) is 0 Å². The zero-order valence-corrected chi connectivity index (χ0v) is 12.9. The van der Waals surface area contributed by atoms with Crippen LogP contribution in [-0.4, -0.2) is 32.2 Å². The molecule has 1 rings (SSSR count). The summed E-state index contributed by atoms with van der Waals surface area (Å²) in [6.07, 6.45) is 0.831. The third-order valence-electron chi connectivity index (χ3n) is 3.15. The Kier molecular flexibility index (Phi) is 7.09. The van der Waals surface area contributed by atoms with Gasteiger partial charge in [-0.1, -0.05) is 26.0 Å². The smallest absolute Gasteiger partial charge is 0.242 e. The summed E-state index contributed by atoms with van der Waals surface area (Å²) < 4.78 is 4.95. The van der Waals surface area contributed by atoms with E-state index >= 15 is 0 Å². The third-order valence-corrected chi connectivity index (χ3v) is 3.15. The van der Waals surface area contributed by atoms with Gasteiger partial charge >= 0.3 is 0 Å². The first kappa shape index (κ1) is 16.5. The Morgan fingerprint density at radius 2 is 2.05 bits per heavy atom. The Balaban J connectivity index is 2.46. The van der Waals surface area contributed by atoms with E-state index in [-0.39, 0.29) is 11.9 Å². The monoisotopic (exact) mass is 278 g/mol. The van der Waals surface area contributed by atoms with E-state index in [1.165, 1.54) is 5.56 Å². The van der Waals surface area contributed by atoms with E-state index in [0.29, 0.717) is 19.1 Å². The SMILES string of the molecule is COCCCNC(=O)C(C)Nc1cccc(C(C)C)c1. The maximum atomic E-state index is 11.9. The van der Waals surface area contributed by atoms with Crippen LogP contribution in [-0.2, 0) is 9.53 Å². The molecule has 0 aliphatic carbocycles. The summed E-state index contributed by atoms with van der Waals surface area (Å²) in [5.41, 5.74) is 2.25. The van der Waals surface area contributed by atoms with E-state index in [0.717, 1.165) is 12.1 Å². The van der Waals surface area contributed by atoms with Crippen molar-refractivity contribution in [2.45, 2.75) is 39.2 Å². The zero-order valence-electron chi connectivity index (χ0n) is 12.9. The summed E-state index contributed by atoms with van der Waals surface area (Å²) in [6, 6.07) is 7.95. The number of ether oxygens (including phenoxy) is 1. The molecular weight excluding hydrogens is 252 g/mol. The minimum absolute atomic E-state index is 0.0102. The normalized spacial score (nSPS) is 12.2. The van der Waals surface area contributed by atoms with Crippen molar-refractivity contribution < 1.29 is 9.53 Å². The molecule has 112 valence electrons. The molecule has 0 radical (unpaired) electrons. The van der Waals surface area contributed by atoms with Gasteiger partial charge in [0.1, 0.15) is 6.04 Å². The first-order chi connectivity index (χ1) is 9.54. The Hall–Kier alpha value is -1.55. The number of anilines is 1. The molecule has 1 atom stereocenters. The molecule has 0 spiro atoms. The van der Waals surface area contributed by atoms with Gasteiger partial charge in [-0.05, 0) is 37.0 Å². The number of nitrogens with one attached hydrogen (secondary N) is 2. The van der Waals surface area contributed by atoms with E-state index in [2.05, 4.69) is 36.6 Å². The average Bonchev–Trinajstić information content (AvgIpc) is 2.43. The van der Waals surface area contributed by atoms with Gasteiger partial charge in [-0.25, -0.2) is 0 Å². The molecule has 0 bridgehead atoms. The topological polar surface area (TPSA) is 50.4 Å². The van der Waals surface area contributed by atoms with Crippen molar-refractivity contribution in [1.82, 2.24) is 5.32 Å². The highest BCUT2D eigenvalue weighted by Gasteiger charge is 2.12. The number of benzene rings is 1. The van der Waals surface area contributed by atoms with Gasteiger partial charge in [0.05, 0.1) is 0 Å². The molecule has 0 fully saturated rings. The van der Waals surface area contributed by atoms with Gasteiger partial charge in [0.25, 0.3) is 0 Å². The molecule has 4 heteroatoms. The minimum atomic E-state index is -0.250. The number of rotatable bonds is 8. The van der Waals surface area contributed by atoms with Gasteiger partial charge in [0.15, 0.2) is 0 Å². The fraction of sp³-hybridized carbons (Fsp3) is 0.562. The molecule has 20 heavy (non-hydrogen) atoms. The van der Waals surface area contributed by atoms with Crippen LogP contribution in [0.4, 0.5) is 5.69 Å². The summed E-state index contributed by atoms with van der Waals surface area (Å²) >= 11 is 0. The van der Waals surface area contributed by atoms with E-state index in [1.807, 2.05) is 19.1 Å². The average molecular weight is 278 g/mol. The fourth-order valence-electron chi connectivity index (χ4n) is 1.88. The van der Waals surface area contributed by atoms with E-state index in [4.69, 9.17) is 4.74 Å². The molecular formula is C16H26N2O2. The minimum Gasteiger partial charge on any atom is -0.385 e. The summed E-state index contributed by atoms with van der Waals surface area (Å²) in [6.45, 7) is 7.49. The quantitative estimate of drug-likeness (QED) is 0.719. The van der Waals surface area contributed by atoms with Gasteiger partial charge < -0.3 is 15.4 Å². The van der Waals surface area contributed by atoms with Gasteiger partial charge in [0.2, 0.25) is 5.91 Å². The second kappa shape index (κ2) is 8.59. The highest BCUT2D eigenvalue weighted by molar-refractivity contribution is 5.84. The van der Waals surface area contributed by atoms with Crippen molar-refractivity contribution >= 4 is 11.6 Å². The van der Waals surface area contributed by atoms with Crippen LogP contribution in [0.3, 0.4) is 0 Å². The van der Waals surface area contributed by atoms with E-state index in [1.54, 1.807) is 7.11 Å². The lowest BCUT2D eigenvalue weighted by atomic mass is 10.0. The highest BCUT2D eigenvalue weighted by Crippen LogP contribution is 2.18. The fourth-order valence-corrected chi connectivity index (χ4v) is 1.88. The maximum absolute atomic E-state index is 11.9. The lowest BCUT2D eigenvalue weighted by Crippen LogP contribution is -2.38. The van der Waals surface area contributed by atoms with Crippen LogP contribution in [0.25, 0.3) is 0 Å². The van der Waals surface area contributed by atoms with Gasteiger partial charge in [-0.2, -0.15) is 0 Å². The van der Waals surface area contributed by atoms with Crippen LogP contribution in [0.5, 0.6) is 0 Å². The van der Waals surface area contributed by atoms with Gasteiger partial charge in [-0.3, -0.25) is 4.79 Å². The van der Waals surface area contributed by atoms with Crippen molar-refractivity contribution in [2.75, 3.05) is 25.6 Å². The van der Waals surface area contributed by atoms with Gasteiger partial charge in [-0.15, -0.1) is 0 Å². The summed E-state index contributed by atoms with van der Waals surface area (Å²) in [4.78, 5) is 11.9. The molecule has 0 aromatic heterocycles. The van der Waals surface area contributed by atoms with Crippen molar-refractivity contribution in [3.63, 3.8) is 0 Å². The number of methoxy groups -OCH3 is 1. The number of carbonyl (C=O) groups excluding carboxylic acids is 1. The van der Waals surface area contributed by atoms with Crippen LogP contribution in [0.1, 0.15) is 38.7 Å². The van der Waals surface area contributed by atoms with E-state index < -0.39 is 0 Å². The zero-order chi connectivity index (χ0) is 15.0. The Morgan fingerprint density at radius 3 is 2.70 bits per heavy atom. The van der Waals surface area contributed by atoms with Crippen LogP contribution in [0.2, 0.25) is 0 Å². The Bertz CT molecular complexity index is 419. The molecule has 0 saturated carbocycles. The first-order valence-corrected chi connectivity index (χ1v) is 7.17. The van der Waals surface area contributed by atoms with Crippen LogP contribution in [0.15, 0.2) is 24.3 Å². The number of amides is 1. The number of carbonyl (C=O) groups is 1. The van der Waals surface area contributed by atoms with Crippen LogP contribution in [0, 0.1) is 0 Å². The molecule has 1 unspecified atom stereocenters. The predicted molar refractivity (Wildman–Crippen MR) is 83.1 cm³/mol. The van der Waals surface area contributed by atoms with Crippen LogP contribution >= 0.6 is 0 Å². The lowest BCUT2D eigenvalue weighted by molar-refractivity contribution is -0.121. The summed E-state index contributed by atoms with van der Waals surface area (Å²) in [7, 11) is 1.66. The predicted octanol–water partition coefficient (Wildman–Crippen LogP) is 2.76. The second-order valence-electron chi connectivity index (χ2n) is 5.28. The molecule has 0 aliphatic rings. The molecule has 0 aliphatic heterocycles.